The van der Waals surface area contributed by atoms with Crippen LogP contribution < -0.4 is 0 Å². The second-order valence-corrected chi connectivity index (χ2v) is 9.75. The largest absolute Gasteiger partial charge is 0.421 e. The molecule has 0 saturated heterocycles. The van der Waals surface area contributed by atoms with E-state index in [9.17, 15) is 23.1 Å². The molecule has 32 heavy (non-hydrogen) atoms. The Kier molecular flexibility index (Phi) is 5.86. The van der Waals surface area contributed by atoms with E-state index in [2.05, 4.69) is 31.2 Å². The van der Waals surface area contributed by atoms with E-state index in [0.29, 0.717) is 5.56 Å². The van der Waals surface area contributed by atoms with Crippen LogP contribution in [0.2, 0.25) is 0 Å². The molecule has 0 spiro atoms. The van der Waals surface area contributed by atoms with Crippen LogP contribution in [-0.4, -0.2) is 34.2 Å². The van der Waals surface area contributed by atoms with Crippen molar-refractivity contribution in [1.29, 1.82) is 0 Å². The normalized spacial score (nSPS) is 25.8. The standard InChI is InChI=1S/C26H30F3NO2/c1-24(19-6-4-3-5-7-19)16-14-22(15-17-24)30(21-12-13-21)23(31)18-8-10-20(11-9-18)25(2,32)26(27,28)29/h3-11,21-22,32H,12-17H2,1-2H3/t22-,24-,25-/m0/s1. The predicted octanol–water partition coefficient (Wildman–Crippen LogP) is 5.96. The fourth-order valence-corrected chi connectivity index (χ4v) is 4.88. The highest BCUT2D eigenvalue weighted by Crippen LogP contribution is 2.43. The average Bonchev–Trinajstić information content (AvgIpc) is 3.60. The number of carbonyl (C=O) groups is 1. The number of rotatable bonds is 5. The first-order chi connectivity index (χ1) is 15.0. The van der Waals surface area contributed by atoms with Crippen molar-refractivity contribution in [1.82, 2.24) is 4.90 Å². The van der Waals surface area contributed by atoms with E-state index in [1.807, 2.05) is 11.0 Å². The van der Waals surface area contributed by atoms with Gasteiger partial charge in [-0.3, -0.25) is 4.79 Å². The summed E-state index contributed by atoms with van der Waals surface area (Å²) in [5, 5.41) is 9.89. The van der Waals surface area contributed by atoms with Gasteiger partial charge in [0.2, 0.25) is 0 Å². The molecule has 4 rings (SSSR count). The Morgan fingerprint density at radius 1 is 0.938 bits per heavy atom. The van der Waals surface area contributed by atoms with Gasteiger partial charge in [-0.05, 0) is 74.1 Å². The van der Waals surface area contributed by atoms with Crippen LogP contribution in [-0.2, 0) is 11.0 Å². The number of benzene rings is 2. The van der Waals surface area contributed by atoms with E-state index in [1.165, 1.54) is 29.8 Å². The molecular weight excluding hydrogens is 415 g/mol. The van der Waals surface area contributed by atoms with E-state index < -0.39 is 11.8 Å². The quantitative estimate of drug-likeness (QED) is 0.617. The van der Waals surface area contributed by atoms with Gasteiger partial charge in [0.1, 0.15) is 0 Å². The number of carbonyl (C=O) groups excluding carboxylic acids is 1. The second kappa shape index (κ2) is 8.22. The predicted molar refractivity (Wildman–Crippen MR) is 117 cm³/mol. The first kappa shape index (κ1) is 22.8. The Bertz CT molecular complexity index is 941. The lowest BCUT2D eigenvalue weighted by Crippen LogP contribution is -2.46. The van der Waals surface area contributed by atoms with Crippen molar-refractivity contribution < 1.29 is 23.1 Å². The van der Waals surface area contributed by atoms with Gasteiger partial charge < -0.3 is 10.0 Å². The smallest absolute Gasteiger partial charge is 0.376 e. The molecule has 0 radical (unpaired) electrons. The lowest BCUT2D eigenvalue weighted by molar-refractivity contribution is -0.258. The Hall–Kier alpha value is -2.34. The van der Waals surface area contributed by atoms with Gasteiger partial charge in [-0.2, -0.15) is 13.2 Å². The fraction of sp³-hybridized carbons (Fsp3) is 0.500. The summed E-state index contributed by atoms with van der Waals surface area (Å²) >= 11 is 0. The Morgan fingerprint density at radius 3 is 1.97 bits per heavy atom. The van der Waals surface area contributed by atoms with Crippen LogP contribution in [0.5, 0.6) is 0 Å². The van der Waals surface area contributed by atoms with E-state index >= 15 is 0 Å². The maximum absolute atomic E-state index is 13.4. The molecule has 2 aliphatic rings. The molecule has 2 fully saturated rings. The molecule has 0 aromatic heterocycles. The summed E-state index contributed by atoms with van der Waals surface area (Å²) in [6, 6.07) is 16.1. The molecule has 2 aliphatic carbocycles. The van der Waals surface area contributed by atoms with E-state index in [4.69, 9.17) is 0 Å². The summed E-state index contributed by atoms with van der Waals surface area (Å²) in [4.78, 5) is 15.3. The van der Waals surface area contributed by atoms with Crippen LogP contribution in [0.4, 0.5) is 13.2 Å². The molecule has 0 heterocycles. The van der Waals surface area contributed by atoms with Gasteiger partial charge in [-0.25, -0.2) is 0 Å². The number of nitrogens with zero attached hydrogens (tertiary/aromatic N) is 1. The van der Waals surface area contributed by atoms with E-state index in [1.54, 1.807) is 0 Å². The molecule has 2 saturated carbocycles. The van der Waals surface area contributed by atoms with Crippen molar-refractivity contribution in [3.05, 3.63) is 71.3 Å². The minimum atomic E-state index is -4.79. The molecule has 1 amide bonds. The van der Waals surface area contributed by atoms with E-state index in [-0.39, 0.29) is 29.0 Å². The summed E-state index contributed by atoms with van der Waals surface area (Å²) < 4.78 is 39.4. The van der Waals surface area contributed by atoms with Gasteiger partial charge in [0, 0.05) is 17.6 Å². The zero-order valence-corrected chi connectivity index (χ0v) is 18.5. The molecule has 0 aliphatic heterocycles. The monoisotopic (exact) mass is 445 g/mol. The molecular formula is C26H30F3NO2. The van der Waals surface area contributed by atoms with Crippen LogP contribution >= 0.6 is 0 Å². The first-order valence-electron chi connectivity index (χ1n) is 11.3. The van der Waals surface area contributed by atoms with Gasteiger partial charge in [-0.15, -0.1) is 0 Å². The molecule has 0 unspecified atom stereocenters. The highest BCUT2D eigenvalue weighted by molar-refractivity contribution is 5.95. The second-order valence-electron chi connectivity index (χ2n) is 9.75. The average molecular weight is 446 g/mol. The summed E-state index contributed by atoms with van der Waals surface area (Å²) in [6.07, 6.45) is 0.963. The Labute approximate surface area is 187 Å². The van der Waals surface area contributed by atoms with Crippen molar-refractivity contribution in [2.45, 2.75) is 81.6 Å². The molecule has 1 N–H and O–H groups in total. The maximum atomic E-state index is 13.4. The SMILES string of the molecule is C[C@](O)(c1ccc(C(=O)N(C2CC2)[C@H]2CC[C@](C)(c3ccccc3)CC2)cc1)C(F)(F)F. The fourth-order valence-electron chi connectivity index (χ4n) is 4.88. The summed E-state index contributed by atoms with van der Waals surface area (Å²) in [6.45, 7) is 3.01. The number of halogens is 3. The lowest BCUT2D eigenvalue weighted by atomic mass is 9.69. The molecule has 2 aromatic rings. The van der Waals surface area contributed by atoms with Crippen LogP contribution in [0, 0.1) is 0 Å². The number of hydrogen-bond donors (Lipinski definition) is 1. The summed E-state index contributed by atoms with van der Waals surface area (Å²) in [5.74, 6) is -0.126. The summed E-state index contributed by atoms with van der Waals surface area (Å²) in [7, 11) is 0. The van der Waals surface area contributed by atoms with Crippen molar-refractivity contribution in [3.8, 4) is 0 Å². The first-order valence-corrected chi connectivity index (χ1v) is 11.3. The van der Waals surface area contributed by atoms with Gasteiger partial charge >= 0.3 is 6.18 Å². The van der Waals surface area contributed by atoms with Crippen molar-refractivity contribution >= 4 is 5.91 Å². The molecule has 1 atom stereocenters. The van der Waals surface area contributed by atoms with E-state index in [0.717, 1.165) is 45.4 Å². The third-order valence-electron chi connectivity index (χ3n) is 7.34. The molecule has 3 nitrogen and oxygen atoms in total. The minimum Gasteiger partial charge on any atom is -0.376 e. The third-order valence-corrected chi connectivity index (χ3v) is 7.34. The van der Waals surface area contributed by atoms with Crippen LogP contribution in [0.15, 0.2) is 54.6 Å². The number of hydrogen-bond acceptors (Lipinski definition) is 2. The van der Waals surface area contributed by atoms with Gasteiger partial charge in [-0.1, -0.05) is 49.4 Å². The highest BCUT2D eigenvalue weighted by atomic mass is 19.4. The van der Waals surface area contributed by atoms with Crippen LogP contribution in [0.1, 0.15) is 73.9 Å². The molecule has 172 valence electrons. The lowest BCUT2D eigenvalue weighted by Gasteiger charge is -2.42. The minimum absolute atomic E-state index is 0.0981. The zero-order chi connectivity index (χ0) is 23.1. The number of aliphatic hydroxyl groups is 1. The summed E-state index contributed by atoms with van der Waals surface area (Å²) in [5.41, 5.74) is -1.42. The maximum Gasteiger partial charge on any atom is 0.421 e. The van der Waals surface area contributed by atoms with Gasteiger partial charge in [0.25, 0.3) is 5.91 Å². The zero-order valence-electron chi connectivity index (χ0n) is 18.5. The van der Waals surface area contributed by atoms with Crippen molar-refractivity contribution in [2.75, 3.05) is 0 Å². The molecule has 6 heteroatoms. The number of amides is 1. The third kappa shape index (κ3) is 4.29. The van der Waals surface area contributed by atoms with Gasteiger partial charge in [0.05, 0.1) is 0 Å². The van der Waals surface area contributed by atoms with Gasteiger partial charge in [0.15, 0.2) is 5.60 Å². The van der Waals surface area contributed by atoms with Crippen LogP contribution in [0.25, 0.3) is 0 Å². The van der Waals surface area contributed by atoms with Crippen molar-refractivity contribution in [2.24, 2.45) is 0 Å². The Morgan fingerprint density at radius 2 is 1.47 bits per heavy atom. The van der Waals surface area contributed by atoms with Crippen molar-refractivity contribution in [3.63, 3.8) is 0 Å². The Balaban J connectivity index is 1.49. The van der Waals surface area contributed by atoms with Crippen LogP contribution in [0.3, 0.4) is 0 Å². The molecule has 2 aromatic carbocycles. The highest BCUT2D eigenvalue weighted by Gasteiger charge is 2.51. The topological polar surface area (TPSA) is 40.5 Å². The number of alkyl halides is 3. The molecule has 0 bridgehead atoms.